The van der Waals surface area contributed by atoms with E-state index >= 15 is 0 Å². The summed E-state index contributed by atoms with van der Waals surface area (Å²) in [4.78, 5) is 2.42. The van der Waals surface area contributed by atoms with Gasteiger partial charge in [-0.1, -0.05) is 27.2 Å². The quantitative estimate of drug-likeness (QED) is 0.843. The molecule has 0 aromatic carbocycles. The van der Waals surface area contributed by atoms with Crippen LogP contribution in [0.3, 0.4) is 0 Å². The first-order chi connectivity index (χ1) is 9.85. The molecule has 0 bridgehead atoms. The molecule has 0 aromatic heterocycles. The molecule has 2 rings (SSSR count). The van der Waals surface area contributed by atoms with Gasteiger partial charge in [0.05, 0.1) is 18.8 Å². The monoisotopic (exact) mass is 297 g/mol. The van der Waals surface area contributed by atoms with Crippen molar-refractivity contribution in [2.24, 2.45) is 11.3 Å². The highest BCUT2D eigenvalue weighted by Crippen LogP contribution is 2.39. The summed E-state index contributed by atoms with van der Waals surface area (Å²) in [5, 5.41) is 10.3. The van der Waals surface area contributed by atoms with Crippen molar-refractivity contribution in [1.29, 1.82) is 0 Å². The second kappa shape index (κ2) is 7.43. The van der Waals surface area contributed by atoms with E-state index in [-0.39, 0.29) is 6.10 Å². The molecule has 124 valence electrons. The van der Waals surface area contributed by atoms with Crippen molar-refractivity contribution < 1.29 is 9.84 Å². The Labute approximate surface area is 131 Å². The Hall–Kier alpha value is -0.120. The molecule has 1 N–H and O–H groups in total. The first-order valence-electron chi connectivity index (χ1n) is 8.89. The number of aliphatic hydroxyl groups excluding tert-OH is 1. The average Bonchev–Trinajstić information content (AvgIpc) is 2.37. The minimum Gasteiger partial charge on any atom is -0.389 e. The van der Waals surface area contributed by atoms with Crippen LogP contribution in [0, 0.1) is 11.3 Å². The molecular weight excluding hydrogens is 262 g/mol. The molecule has 0 aromatic rings. The van der Waals surface area contributed by atoms with Crippen LogP contribution in [-0.4, -0.2) is 48.0 Å². The van der Waals surface area contributed by atoms with E-state index < -0.39 is 0 Å². The summed E-state index contributed by atoms with van der Waals surface area (Å²) < 4.78 is 6.05. The Morgan fingerprint density at radius 3 is 2.67 bits per heavy atom. The highest BCUT2D eigenvalue weighted by Gasteiger charge is 2.33. The molecule has 3 nitrogen and oxygen atoms in total. The van der Waals surface area contributed by atoms with E-state index in [2.05, 4.69) is 32.6 Å². The predicted octanol–water partition coefficient (Wildman–Crippen LogP) is 3.45. The van der Waals surface area contributed by atoms with Crippen LogP contribution in [0.25, 0.3) is 0 Å². The summed E-state index contributed by atoms with van der Waals surface area (Å²) in [6, 6.07) is 0.613. The number of hydrogen-bond acceptors (Lipinski definition) is 3. The molecule has 1 saturated heterocycles. The van der Waals surface area contributed by atoms with Gasteiger partial charge < -0.3 is 9.84 Å². The van der Waals surface area contributed by atoms with Gasteiger partial charge in [-0.3, -0.25) is 4.90 Å². The van der Waals surface area contributed by atoms with E-state index in [0.29, 0.717) is 24.2 Å². The maximum absolute atomic E-state index is 10.3. The summed E-state index contributed by atoms with van der Waals surface area (Å²) in [5.41, 5.74) is 0.384. The molecule has 1 saturated carbocycles. The van der Waals surface area contributed by atoms with Crippen LogP contribution in [-0.2, 0) is 4.74 Å². The fraction of sp³-hybridized carbons (Fsp3) is 1.00. The molecule has 4 atom stereocenters. The van der Waals surface area contributed by atoms with Gasteiger partial charge in [-0.2, -0.15) is 0 Å². The second-order valence-electron chi connectivity index (χ2n) is 8.36. The second-order valence-corrected chi connectivity index (χ2v) is 8.36. The summed E-state index contributed by atoms with van der Waals surface area (Å²) in [6.07, 6.45) is 7.43. The lowest BCUT2D eigenvalue weighted by Crippen LogP contribution is -2.44. The third kappa shape index (κ3) is 5.54. The van der Waals surface area contributed by atoms with Gasteiger partial charge in [-0.15, -0.1) is 0 Å². The van der Waals surface area contributed by atoms with Crippen LogP contribution < -0.4 is 0 Å². The Morgan fingerprint density at radius 2 is 2.00 bits per heavy atom. The van der Waals surface area contributed by atoms with Crippen LogP contribution >= 0.6 is 0 Å². The zero-order valence-electron chi connectivity index (χ0n) is 14.5. The van der Waals surface area contributed by atoms with Crippen molar-refractivity contribution in [3.8, 4) is 0 Å². The maximum atomic E-state index is 10.3. The number of β-amino-alcohol motifs (C(OH)–C–C–N with tert-alkyl or cyclic N) is 1. The molecule has 1 aliphatic carbocycles. The summed E-state index contributed by atoms with van der Waals surface area (Å²) in [6.45, 7) is 11.7. The lowest BCUT2D eigenvalue weighted by atomic mass is 9.71. The lowest BCUT2D eigenvalue weighted by Gasteiger charge is -2.39. The van der Waals surface area contributed by atoms with Crippen molar-refractivity contribution in [2.45, 2.75) is 84.5 Å². The number of likely N-dealkylation sites (tertiary alicyclic amines) is 1. The molecule has 2 fully saturated rings. The third-order valence-electron chi connectivity index (χ3n) is 5.26. The van der Waals surface area contributed by atoms with Gasteiger partial charge in [0.2, 0.25) is 0 Å². The van der Waals surface area contributed by atoms with E-state index in [0.717, 1.165) is 31.8 Å². The molecule has 0 unspecified atom stereocenters. The van der Waals surface area contributed by atoms with Crippen molar-refractivity contribution >= 4 is 0 Å². The van der Waals surface area contributed by atoms with Crippen LogP contribution in [0.15, 0.2) is 0 Å². The number of rotatable bonds is 5. The topological polar surface area (TPSA) is 32.7 Å². The Kier molecular flexibility index (Phi) is 6.10. The highest BCUT2D eigenvalue weighted by molar-refractivity contribution is 4.84. The molecular formula is C18H35NO2. The van der Waals surface area contributed by atoms with E-state index in [1.54, 1.807) is 0 Å². The van der Waals surface area contributed by atoms with E-state index in [1.807, 2.05) is 0 Å². The fourth-order valence-corrected chi connectivity index (χ4v) is 4.38. The fourth-order valence-electron chi connectivity index (χ4n) is 4.38. The Bertz CT molecular complexity index is 318. The summed E-state index contributed by atoms with van der Waals surface area (Å²) in [5.74, 6) is 0.734. The number of ether oxygens (including phenoxy) is 1. The smallest absolute Gasteiger partial charge is 0.0900 e. The Morgan fingerprint density at radius 1 is 1.24 bits per heavy atom. The lowest BCUT2D eigenvalue weighted by molar-refractivity contribution is -0.0645. The average molecular weight is 297 g/mol. The Balaban J connectivity index is 1.72. The van der Waals surface area contributed by atoms with E-state index in [9.17, 15) is 5.11 Å². The number of nitrogens with zero attached hydrogens (tertiary/aromatic N) is 1. The van der Waals surface area contributed by atoms with Crippen molar-refractivity contribution in [3.63, 3.8) is 0 Å². The largest absolute Gasteiger partial charge is 0.389 e. The maximum Gasteiger partial charge on any atom is 0.0900 e. The zero-order chi connectivity index (χ0) is 15.5. The third-order valence-corrected chi connectivity index (χ3v) is 5.26. The van der Waals surface area contributed by atoms with E-state index in [1.165, 1.54) is 25.7 Å². The van der Waals surface area contributed by atoms with Gasteiger partial charge in [-0.25, -0.2) is 0 Å². The van der Waals surface area contributed by atoms with Crippen LogP contribution in [0.4, 0.5) is 0 Å². The van der Waals surface area contributed by atoms with Crippen LogP contribution in [0.2, 0.25) is 0 Å². The SMILES string of the molecule is C[C@H]1C[C@H](OC[C@@H](O)CN2CCCC[C@@H]2C)CC(C)(C)C1. The molecule has 1 heterocycles. The minimum absolute atomic E-state index is 0.331. The summed E-state index contributed by atoms with van der Waals surface area (Å²) in [7, 11) is 0. The molecule has 1 aliphatic heterocycles. The van der Waals surface area contributed by atoms with Crippen molar-refractivity contribution in [3.05, 3.63) is 0 Å². The van der Waals surface area contributed by atoms with Gasteiger partial charge in [0.15, 0.2) is 0 Å². The van der Waals surface area contributed by atoms with Crippen LogP contribution in [0.1, 0.15) is 66.2 Å². The molecule has 0 spiro atoms. The molecule has 0 amide bonds. The van der Waals surface area contributed by atoms with Gasteiger partial charge in [-0.05, 0) is 56.9 Å². The standard InChI is InChI=1S/C18H35NO2/c1-14-9-17(11-18(3,4)10-14)21-13-16(20)12-19-8-6-5-7-15(19)2/h14-17,20H,5-13H2,1-4H3/t14-,15-,16-,17-/m0/s1. The minimum atomic E-state index is -0.342. The van der Waals surface area contributed by atoms with Crippen molar-refractivity contribution in [2.75, 3.05) is 19.7 Å². The first kappa shape index (κ1) is 17.2. The number of aliphatic hydroxyl groups is 1. The van der Waals surface area contributed by atoms with Crippen LogP contribution in [0.5, 0.6) is 0 Å². The highest BCUT2D eigenvalue weighted by atomic mass is 16.5. The molecule has 21 heavy (non-hydrogen) atoms. The van der Waals surface area contributed by atoms with Gasteiger partial charge in [0, 0.05) is 12.6 Å². The first-order valence-corrected chi connectivity index (χ1v) is 8.89. The molecule has 3 heteroatoms. The number of piperidine rings is 1. The van der Waals surface area contributed by atoms with Gasteiger partial charge in [0.1, 0.15) is 0 Å². The van der Waals surface area contributed by atoms with Gasteiger partial charge >= 0.3 is 0 Å². The predicted molar refractivity (Wildman–Crippen MR) is 87.4 cm³/mol. The zero-order valence-corrected chi connectivity index (χ0v) is 14.5. The molecule has 0 radical (unpaired) electrons. The van der Waals surface area contributed by atoms with E-state index in [4.69, 9.17) is 4.74 Å². The number of hydrogen-bond donors (Lipinski definition) is 1. The summed E-state index contributed by atoms with van der Waals surface area (Å²) >= 11 is 0. The van der Waals surface area contributed by atoms with Crippen molar-refractivity contribution in [1.82, 2.24) is 4.90 Å². The normalized spacial score (nSPS) is 35.6. The van der Waals surface area contributed by atoms with Gasteiger partial charge in [0.25, 0.3) is 0 Å². The molecule has 2 aliphatic rings.